The summed E-state index contributed by atoms with van der Waals surface area (Å²) in [5, 5.41) is 2.13. The fraction of sp³-hybridized carbons (Fsp3) is 0.882. The number of nitrogens with zero attached hydrogens (tertiary/aromatic N) is 1. The summed E-state index contributed by atoms with van der Waals surface area (Å²) in [6.07, 6.45) is 6.22. The van der Waals surface area contributed by atoms with Crippen LogP contribution in [0.5, 0.6) is 0 Å². The van der Waals surface area contributed by atoms with Crippen LogP contribution >= 0.6 is 0 Å². The average molecular weight is 265 g/mol. The average Bonchev–Trinajstić information content (AvgIpc) is 2.46. The van der Waals surface area contributed by atoms with Crippen molar-refractivity contribution in [2.75, 3.05) is 7.05 Å². The largest absolute Gasteiger partial charge is 0.293 e. The summed E-state index contributed by atoms with van der Waals surface area (Å²) in [5.74, 6) is 1.36. The normalized spacial score (nSPS) is 41.9. The van der Waals surface area contributed by atoms with Gasteiger partial charge in [0.15, 0.2) is 0 Å². The molecule has 1 heterocycles. The first-order valence-electron chi connectivity index (χ1n) is 7.70. The summed E-state index contributed by atoms with van der Waals surface area (Å²) < 4.78 is 0. The van der Waals surface area contributed by atoms with Gasteiger partial charge >= 0.3 is 0 Å². The molecule has 1 saturated carbocycles. The fourth-order valence-electron chi connectivity index (χ4n) is 4.42. The van der Waals surface area contributed by atoms with E-state index in [0.717, 1.165) is 0 Å². The quantitative estimate of drug-likeness (QED) is 0.685. The Kier molecular flexibility index (Phi) is 3.88. The van der Waals surface area contributed by atoms with E-state index in [0.29, 0.717) is 23.3 Å². The first-order chi connectivity index (χ1) is 8.65. The second kappa shape index (κ2) is 4.89. The molecule has 0 radical (unpaired) electrons. The van der Waals surface area contributed by atoms with Crippen LogP contribution < -0.4 is 0 Å². The summed E-state index contributed by atoms with van der Waals surface area (Å²) >= 11 is 0. The molecule has 4 unspecified atom stereocenters. The number of allylic oxidation sites excluding steroid dienone is 2. The lowest BCUT2D eigenvalue weighted by molar-refractivity contribution is -0.182. The Balaban J connectivity index is 2.20. The second-order valence-corrected chi connectivity index (χ2v) is 8.02. The number of hydrogen-bond donors (Lipinski definition) is 0. The van der Waals surface area contributed by atoms with E-state index in [1.165, 1.54) is 24.8 Å². The van der Waals surface area contributed by atoms with Gasteiger partial charge in [0.1, 0.15) is 0 Å². The van der Waals surface area contributed by atoms with E-state index < -0.39 is 0 Å². The predicted octanol–water partition coefficient (Wildman–Crippen LogP) is 4.42. The highest BCUT2D eigenvalue weighted by atomic mass is 16.7. The standard InChI is InChI=1S/C17H31NO/c1-12(2)8-9-17(6)10-13(3)15-14(11-17)16(4,5)19-18(15)7/h8,13-15H,9-11H2,1-7H3. The van der Waals surface area contributed by atoms with E-state index in [9.17, 15) is 0 Å². The number of hydroxylamine groups is 2. The molecule has 0 amide bonds. The van der Waals surface area contributed by atoms with Crippen LogP contribution in [0.1, 0.15) is 60.8 Å². The molecule has 2 fully saturated rings. The monoisotopic (exact) mass is 265 g/mol. The third-order valence-corrected chi connectivity index (χ3v) is 5.22. The van der Waals surface area contributed by atoms with Gasteiger partial charge in [-0.15, -0.1) is 0 Å². The van der Waals surface area contributed by atoms with Gasteiger partial charge in [-0.3, -0.25) is 4.84 Å². The first kappa shape index (κ1) is 15.1. The molecule has 110 valence electrons. The Morgan fingerprint density at radius 1 is 1.26 bits per heavy atom. The zero-order valence-corrected chi connectivity index (χ0v) is 13.8. The van der Waals surface area contributed by atoms with E-state index in [2.05, 4.69) is 59.7 Å². The van der Waals surface area contributed by atoms with Crippen molar-refractivity contribution in [3.63, 3.8) is 0 Å². The van der Waals surface area contributed by atoms with Gasteiger partial charge in [0.05, 0.1) is 5.60 Å². The lowest BCUT2D eigenvalue weighted by Crippen LogP contribution is -2.46. The molecule has 2 rings (SSSR count). The van der Waals surface area contributed by atoms with Crippen LogP contribution in [-0.4, -0.2) is 23.8 Å². The van der Waals surface area contributed by atoms with Crippen molar-refractivity contribution in [2.45, 2.75) is 72.4 Å². The number of hydrogen-bond acceptors (Lipinski definition) is 2. The van der Waals surface area contributed by atoms with E-state index in [1.807, 2.05) is 0 Å². The smallest absolute Gasteiger partial charge is 0.0887 e. The Hall–Kier alpha value is -0.340. The minimum Gasteiger partial charge on any atom is -0.293 e. The molecule has 4 atom stereocenters. The molecule has 0 aromatic heterocycles. The summed E-state index contributed by atoms with van der Waals surface area (Å²) in [6.45, 7) is 13.8. The van der Waals surface area contributed by atoms with E-state index in [1.54, 1.807) is 0 Å². The van der Waals surface area contributed by atoms with Gasteiger partial charge in [0.25, 0.3) is 0 Å². The second-order valence-electron chi connectivity index (χ2n) is 8.02. The minimum absolute atomic E-state index is 0.0136. The van der Waals surface area contributed by atoms with E-state index in [4.69, 9.17) is 4.84 Å². The van der Waals surface area contributed by atoms with Crippen LogP contribution in [-0.2, 0) is 4.84 Å². The molecule has 2 nitrogen and oxygen atoms in total. The van der Waals surface area contributed by atoms with Crippen LogP contribution in [0.3, 0.4) is 0 Å². The Labute approximate surface area is 119 Å². The Bertz CT molecular complexity index is 369. The molecule has 0 bridgehead atoms. The van der Waals surface area contributed by atoms with Crippen LogP contribution in [0, 0.1) is 17.3 Å². The maximum Gasteiger partial charge on any atom is 0.0887 e. The molecular formula is C17H31NO. The van der Waals surface area contributed by atoms with Crippen molar-refractivity contribution in [3.8, 4) is 0 Å². The molecule has 2 aliphatic rings. The zero-order valence-electron chi connectivity index (χ0n) is 13.8. The summed E-state index contributed by atoms with van der Waals surface area (Å²) in [5.41, 5.74) is 1.86. The van der Waals surface area contributed by atoms with Gasteiger partial charge in [-0.1, -0.05) is 25.5 Å². The third kappa shape index (κ3) is 2.90. The van der Waals surface area contributed by atoms with Crippen molar-refractivity contribution in [3.05, 3.63) is 11.6 Å². The van der Waals surface area contributed by atoms with Crippen LogP contribution in [0.15, 0.2) is 11.6 Å². The van der Waals surface area contributed by atoms with Crippen molar-refractivity contribution >= 4 is 0 Å². The highest BCUT2D eigenvalue weighted by Gasteiger charge is 2.54. The number of rotatable bonds is 2. The van der Waals surface area contributed by atoms with E-state index in [-0.39, 0.29) is 5.60 Å². The SMILES string of the molecule is CC(C)=CCC1(C)CC(C)C2C(C1)C(C)(C)ON2C. The third-order valence-electron chi connectivity index (χ3n) is 5.22. The van der Waals surface area contributed by atoms with Gasteiger partial charge < -0.3 is 0 Å². The van der Waals surface area contributed by atoms with Gasteiger partial charge in [0.2, 0.25) is 0 Å². The summed E-state index contributed by atoms with van der Waals surface area (Å²) in [6, 6.07) is 0.592. The van der Waals surface area contributed by atoms with Gasteiger partial charge in [-0.2, -0.15) is 5.06 Å². The summed E-state index contributed by atoms with van der Waals surface area (Å²) in [7, 11) is 2.11. The molecule has 2 heteroatoms. The topological polar surface area (TPSA) is 12.5 Å². The van der Waals surface area contributed by atoms with Crippen molar-refractivity contribution in [1.82, 2.24) is 5.06 Å². The molecule has 0 aromatic rings. The lowest BCUT2D eigenvalue weighted by atomic mass is 9.60. The van der Waals surface area contributed by atoms with E-state index >= 15 is 0 Å². The molecule has 19 heavy (non-hydrogen) atoms. The molecule has 0 spiro atoms. The first-order valence-corrected chi connectivity index (χ1v) is 7.70. The van der Waals surface area contributed by atoms with Gasteiger partial charge in [-0.05, 0) is 58.3 Å². The van der Waals surface area contributed by atoms with Crippen LogP contribution in [0.25, 0.3) is 0 Å². The summed E-state index contributed by atoms with van der Waals surface area (Å²) in [4.78, 5) is 6.10. The highest BCUT2D eigenvalue weighted by molar-refractivity contribution is 5.06. The maximum atomic E-state index is 6.10. The molecule has 1 aliphatic heterocycles. The molecule has 0 N–H and O–H groups in total. The van der Waals surface area contributed by atoms with Crippen LogP contribution in [0.4, 0.5) is 0 Å². The van der Waals surface area contributed by atoms with Crippen molar-refractivity contribution < 1.29 is 4.84 Å². The van der Waals surface area contributed by atoms with Crippen molar-refractivity contribution in [2.24, 2.45) is 17.3 Å². The Morgan fingerprint density at radius 3 is 2.47 bits per heavy atom. The lowest BCUT2D eigenvalue weighted by Gasteiger charge is -2.46. The van der Waals surface area contributed by atoms with Crippen LogP contribution in [0.2, 0.25) is 0 Å². The fourth-order valence-corrected chi connectivity index (χ4v) is 4.42. The van der Waals surface area contributed by atoms with Gasteiger partial charge in [0, 0.05) is 19.0 Å². The predicted molar refractivity (Wildman–Crippen MR) is 80.8 cm³/mol. The van der Waals surface area contributed by atoms with Gasteiger partial charge in [-0.25, -0.2) is 0 Å². The maximum absolute atomic E-state index is 6.10. The van der Waals surface area contributed by atoms with Crippen molar-refractivity contribution in [1.29, 1.82) is 0 Å². The zero-order chi connectivity index (χ0) is 14.4. The number of fused-ring (bicyclic) bond motifs is 1. The molecule has 1 saturated heterocycles. The molecule has 1 aliphatic carbocycles. The Morgan fingerprint density at radius 2 is 1.89 bits per heavy atom. The molecular weight excluding hydrogens is 234 g/mol. The molecule has 0 aromatic carbocycles. The highest BCUT2D eigenvalue weighted by Crippen LogP contribution is 2.53. The minimum atomic E-state index is -0.0136.